The Hall–Kier alpha value is -1.48. The van der Waals surface area contributed by atoms with Crippen LogP contribution in [-0.2, 0) is 13.5 Å². The number of benzene rings is 1. The average Bonchev–Trinajstić information content (AvgIpc) is 2.65. The van der Waals surface area contributed by atoms with Gasteiger partial charge in [-0.3, -0.25) is 4.68 Å². The molecule has 0 amide bonds. The van der Waals surface area contributed by atoms with Gasteiger partial charge in [-0.1, -0.05) is 17.7 Å². The Balaban J connectivity index is 1.87. The summed E-state index contributed by atoms with van der Waals surface area (Å²) >= 11 is 5.89. The topological polar surface area (TPSA) is 29.9 Å². The fourth-order valence-corrected chi connectivity index (χ4v) is 1.77. The number of aryl methyl sites for hydroxylation is 1. The summed E-state index contributed by atoms with van der Waals surface area (Å²) in [7, 11) is 1.95. The average molecular weight is 236 g/mol. The maximum atomic E-state index is 5.89. The molecule has 0 saturated carbocycles. The third-order valence-corrected chi connectivity index (χ3v) is 2.69. The van der Waals surface area contributed by atoms with Gasteiger partial charge in [0.25, 0.3) is 0 Å². The first-order valence-electron chi connectivity index (χ1n) is 5.22. The normalized spacial score (nSPS) is 10.4. The zero-order chi connectivity index (χ0) is 11.4. The lowest BCUT2D eigenvalue weighted by molar-refractivity contribution is 0.711. The van der Waals surface area contributed by atoms with Crippen molar-refractivity contribution in [3.63, 3.8) is 0 Å². The highest BCUT2D eigenvalue weighted by atomic mass is 35.5. The van der Waals surface area contributed by atoms with Crippen molar-refractivity contribution in [3.05, 3.63) is 47.2 Å². The molecule has 0 unspecified atom stereocenters. The molecule has 0 atom stereocenters. The van der Waals surface area contributed by atoms with E-state index in [4.69, 9.17) is 11.6 Å². The van der Waals surface area contributed by atoms with Gasteiger partial charge in [-0.05, 0) is 24.3 Å². The molecule has 0 aliphatic heterocycles. The largest absolute Gasteiger partial charge is 0.385 e. The fraction of sp³-hybridized carbons (Fsp3) is 0.250. The molecule has 84 valence electrons. The van der Waals surface area contributed by atoms with E-state index >= 15 is 0 Å². The lowest BCUT2D eigenvalue weighted by atomic mass is 10.3. The Morgan fingerprint density at radius 1 is 1.38 bits per heavy atom. The summed E-state index contributed by atoms with van der Waals surface area (Å²) in [6.45, 7) is 0.875. The molecule has 1 aromatic carbocycles. The highest BCUT2D eigenvalue weighted by Gasteiger charge is 1.98. The molecule has 0 spiro atoms. The van der Waals surface area contributed by atoms with Gasteiger partial charge in [0.1, 0.15) is 0 Å². The minimum atomic E-state index is 0.755. The molecule has 2 aromatic rings. The molecule has 0 aliphatic carbocycles. The highest BCUT2D eigenvalue weighted by molar-refractivity contribution is 6.30. The van der Waals surface area contributed by atoms with Crippen LogP contribution in [0.1, 0.15) is 5.69 Å². The van der Waals surface area contributed by atoms with Gasteiger partial charge >= 0.3 is 0 Å². The Bertz CT molecular complexity index is 465. The second-order valence-electron chi connectivity index (χ2n) is 3.63. The first-order valence-corrected chi connectivity index (χ1v) is 5.60. The molecule has 0 fully saturated rings. The van der Waals surface area contributed by atoms with Crippen molar-refractivity contribution in [3.8, 4) is 0 Å². The molecular formula is C12H14ClN3. The van der Waals surface area contributed by atoms with E-state index in [1.165, 1.54) is 5.69 Å². The summed E-state index contributed by atoms with van der Waals surface area (Å²) in [5, 5.41) is 8.20. The lowest BCUT2D eigenvalue weighted by Gasteiger charge is -2.06. The zero-order valence-corrected chi connectivity index (χ0v) is 9.91. The number of anilines is 1. The van der Waals surface area contributed by atoms with E-state index in [1.54, 1.807) is 0 Å². The summed E-state index contributed by atoms with van der Waals surface area (Å²) in [5.74, 6) is 0. The molecule has 1 heterocycles. The summed E-state index contributed by atoms with van der Waals surface area (Å²) in [5.41, 5.74) is 2.27. The molecule has 3 nitrogen and oxygen atoms in total. The second-order valence-corrected chi connectivity index (χ2v) is 4.07. The molecule has 1 aromatic heterocycles. The van der Waals surface area contributed by atoms with E-state index in [0.29, 0.717) is 0 Å². The first-order chi connectivity index (χ1) is 7.75. The number of nitrogens with one attached hydrogen (secondary N) is 1. The van der Waals surface area contributed by atoms with Crippen LogP contribution in [0.3, 0.4) is 0 Å². The van der Waals surface area contributed by atoms with Crippen LogP contribution in [0, 0.1) is 0 Å². The van der Waals surface area contributed by atoms with Crippen LogP contribution < -0.4 is 5.32 Å². The molecule has 0 saturated heterocycles. The van der Waals surface area contributed by atoms with Gasteiger partial charge in [-0.2, -0.15) is 5.10 Å². The van der Waals surface area contributed by atoms with Crippen molar-refractivity contribution in [1.82, 2.24) is 9.78 Å². The smallest absolute Gasteiger partial charge is 0.0492 e. The molecule has 1 N–H and O–H groups in total. The molecule has 2 rings (SSSR count). The minimum Gasteiger partial charge on any atom is -0.385 e. The lowest BCUT2D eigenvalue weighted by Crippen LogP contribution is -2.08. The van der Waals surface area contributed by atoms with Gasteiger partial charge in [0, 0.05) is 42.6 Å². The fourth-order valence-electron chi connectivity index (χ4n) is 1.58. The summed E-state index contributed by atoms with van der Waals surface area (Å²) in [4.78, 5) is 0. The Kier molecular flexibility index (Phi) is 3.47. The highest BCUT2D eigenvalue weighted by Crippen LogP contribution is 2.14. The molecule has 0 bridgehead atoms. The quantitative estimate of drug-likeness (QED) is 0.883. The van der Waals surface area contributed by atoms with E-state index in [1.807, 2.05) is 48.3 Å². The van der Waals surface area contributed by atoms with Gasteiger partial charge in [0.05, 0.1) is 0 Å². The van der Waals surface area contributed by atoms with Gasteiger partial charge in [-0.25, -0.2) is 0 Å². The monoisotopic (exact) mass is 235 g/mol. The van der Waals surface area contributed by atoms with E-state index < -0.39 is 0 Å². The number of halogens is 1. The number of rotatable bonds is 4. The predicted octanol–water partition coefficient (Wildman–Crippen LogP) is 2.73. The van der Waals surface area contributed by atoms with Crippen molar-refractivity contribution in [2.45, 2.75) is 6.42 Å². The van der Waals surface area contributed by atoms with E-state index in [9.17, 15) is 0 Å². The first kappa shape index (κ1) is 11.0. The third-order valence-electron chi connectivity index (χ3n) is 2.46. The third kappa shape index (κ3) is 2.76. The van der Waals surface area contributed by atoms with Crippen molar-refractivity contribution < 1.29 is 0 Å². The summed E-state index contributed by atoms with van der Waals surface area (Å²) < 4.78 is 1.89. The number of aromatic nitrogens is 2. The van der Waals surface area contributed by atoms with Crippen molar-refractivity contribution in [2.24, 2.45) is 7.05 Å². The number of nitrogens with zero attached hydrogens (tertiary/aromatic N) is 2. The number of hydrogen-bond donors (Lipinski definition) is 1. The van der Waals surface area contributed by atoms with Crippen LogP contribution in [0.2, 0.25) is 5.02 Å². The maximum Gasteiger partial charge on any atom is 0.0492 e. The maximum absolute atomic E-state index is 5.89. The molecule has 0 radical (unpaired) electrons. The SMILES string of the molecule is Cn1nccc1CCNc1cccc(Cl)c1. The zero-order valence-electron chi connectivity index (χ0n) is 9.15. The Labute approximate surface area is 100 Å². The van der Waals surface area contributed by atoms with Gasteiger partial charge in [0.2, 0.25) is 0 Å². The Morgan fingerprint density at radius 2 is 2.25 bits per heavy atom. The van der Waals surface area contributed by atoms with E-state index in [2.05, 4.69) is 10.4 Å². The van der Waals surface area contributed by atoms with Crippen LogP contribution in [0.5, 0.6) is 0 Å². The minimum absolute atomic E-state index is 0.755. The summed E-state index contributed by atoms with van der Waals surface area (Å²) in [6.07, 6.45) is 2.76. The predicted molar refractivity (Wildman–Crippen MR) is 66.9 cm³/mol. The van der Waals surface area contributed by atoms with Gasteiger partial charge in [0.15, 0.2) is 0 Å². The van der Waals surface area contributed by atoms with Crippen LogP contribution in [0.25, 0.3) is 0 Å². The van der Waals surface area contributed by atoms with Crippen molar-refractivity contribution >= 4 is 17.3 Å². The van der Waals surface area contributed by atoms with Crippen LogP contribution in [-0.4, -0.2) is 16.3 Å². The van der Waals surface area contributed by atoms with Gasteiger partial charge in [-0.15, -0.1) is 0 Å². The Morgan fingerprint density at radius 3 is 2.94 bits per heavy atom. The standard InChI is InChI=1S/C12H14ClN3/c1-16-12(6-8-15-16)5-7-14-11-4-2-3-10(13)9-11/h2-4,6,8-9,14H,5,7H2,1H3. The van der Waals surface area contributed by atoms with Crippen LogP contribution >= 0.6 is 11.6 Å². The summed E-state index contributed by atoms with van der Waals surface area (Å²) in [6, 6.07) is 9.77. The van der Waals surface area contributed by atoms with Gasteiger partial charge < -0.3 is 5.32 Å². The number of hydrogen-bond acceptors (Lipinski definition) is 2. The molecule has 4 heteroatoms. The van der Waals surface area contributed by atoms with Crippen molar-refractivity contribution in [1.29, 1.82) is 0 Å². The molecule has 16 heavy (non-hydrogen) atoms. The van der Waals surface area contributed by atoms with Crippen LogP contribution in [0.15, 0.2) is 36.5 Å². The van der Waals surface area contributed by atoms with E-state index in [-0.39, 0.29) is 0 Å². The van der Waals surface area contributed by atoms with Crippen LogP contribution in [0.4, 0.5) is 5.69 Å². The van der Waals surface area contributed by atoms with Crippen molar-refractivity contribution in [2.75, 3.05) is 11.9 Å². The molecule has 0 aliphatic rings. The molecular weight excluding hydrogens is 222 g/mol. The van der Waals surface area contributed by atoms with E-state index in [0.717, 1.165) is 23.7 Å². The second kappa shape index (κ2) is 5.03.